The molecule has 0 radical (unpaired) electrons. The summed E-state index contributed by atoms with van der Waals surface area (Å²) in [6, 6.07) is 16.3. The van der Waals surface area contributed by atoms with Gasteiger partial charge in [0, 0.05) is 19.0 Å². The van der Waals surface area contributed by atoms with Crippen LogP contribution in [0.1, 0.15) is 17.0 Å². The topological polar surface area (TPSA) is 76.1 Å². The fourth-order valence-corrected chi connectivity index (χ4v) is 4.01. The van der Waals surface area contributed by atoms with Crippen LogP contribution < -0.4 is 0 Å². The molecule has 27 heavy (non-hydrogen) atoms. The number of ether oxygens (including phenoxy) is 2. The van der Waals surface area contributed by atoms with Gasteiger partial charge in [0.05, 0.1) is 13.7 Å². The zero-order chi connectivity index (χ0) is 19.0. The van der Waals surface area contributed by atoms with Gasteiger partial charge in [0.25, 0.3) is 0 Å². The lowest BCUT2D eigenvalue weighted by atomic mass is 9.81. The number of hydrogen-bond donors (Lipinski definition) is 1. The van der Waals surface area contributed by atoms with E-state index in [-0.39, 0.29) is 32.2 Å². The summed E-state index contributed by atoms with van der Waals surface area (Å²) >= 11 is 0. The van der Waals surface area contributed by atoms with Crippen molar-refractivity contribution in [2.75, 3.05) is 33.4 Å². The van der Waals surface area contributed by atoms with Crippen molar-refractivity contribution in [3.8, 4) is 11.1 Å². The van der Waals surface area contributed by atoms with Gasteiger partial charge in [0.15, 0.2) is 0 Å². The van der Waals surface area contributed by atoms with Crippen molar-refractivity contribution in [1.82, 2.24) is 4.90 Å². The van der Waals surface area contributed by atoms with Crippen LogP contribution in [0.25, 0.3) is 11.1 Å². The van der Waals surface area contributed by atoms with Gasteiger partial charge >= 0.3 is 12.1 Å². The van der Waals surface area contributed by atoms with Crippen molar-refractivity contribution in [1.29, 1.82) is 0 Å². The Morgan fingerprint density at radius 1 is 1.07 bits per heavy atom. The van der Waals surface area contributed by atoms with Gasteiger partial charge in [-0.3, -0.25) is 4.79 Å². The number of fused-ring (bicyclic) bond motifs is 3. The lowest BCUT2D eigenvalue weighted by molar-refractivity contribution is -0.166. The van der Waals surface area contributed by atoms with Gasteiger partial charge in [-0.1, -0.05) is 48.5 Å². The zero-order valence-corrected chi connectivity index (χ0v) is 15.1. The number of aliphatic hydroxyl groups is 1. The molecule has 2 aromatic rings. The first-order valence-corrected chi connectivity index (χ1v) is 8.89. The number of carbonyl (C=O) groups excluding carboxylic acids is 2. The fourth-order valence-electron chi connectivity index (χ4n) is 4.01. The molecule has 140 valence electrons. The summed E-state index contributed by atoms with van der Waals surface area (Å²) in [5.41, 5.74) is 3.61. The Bertz CT molecular complexity index is 842. The van der Waals surface area contributed by atoms with Crippen LogP contribution in [-0.4, -0.2) is 55.5 Å². The second kappa shape index (κ2) is 6.70. The summed E-state index contributed by atoms with van der Waals surface area (Å²) in [5.74, 6) is -0.515. The zero-order valence-electron chi connectivity index (χ0n) is 15.1. The Morgan fingerprint density at radius 3 is 2.15 bits per heavy atom. The van der Waals surface area contributed by atoms with Gasteiger partial charge in [0.1, 0.15) is 12.0 Å². The van der Waals surface area contributed by atoms with E-state index in [4.69, 9.17) is 9.47 Å². The molecule has 0 saturated carbocycles. The molecule has 4 rings (SSSR count). The van der Waals surface area contributed by atoms with E-state index < -0.39 is 17.5 Å². The van der Waals surface area contributed by atoms with Crippen LogP contribution >= 0.6 is 0 Å². The molecule has 2 aromatic carbocycles. The van der Waals surface area contributed by atoms with Gasteiger partial charge in [-0.2, -0.15) is 0 Å². The fraction of sp³-hybridized carbons (Fsp3) is 0.333. The number of esters is 1. The van der Waals surface area contributed by atoms with Gasteiger partial charge < -0.3 is 19.5 Å². The summed E-state index contributed by atoms with van der Waals surface area (Å²) < 4.78 is 10.3. The van der Waals surface area contributed by atoms with Crippen LogP contribution in [0.5, 0.6) is 0 Å². The van der Waals surface area contributed by atoms with Crippen LogP contribution in [0.4, 0.5) is 4.79 Å². The van der Waals surface area contributed by atoms with Crippen molar-refractivity contribution in [2.24, 2.45) is 5.41 Å². The van der Waals surface area contributed by atoms with Gasteiger partial charge in [0.2, 0.25) is 0 Å². The number of aliphatic hydroxyl groups excluding tert-OH is 1. The van der Waals surface area contributed by atoms with E-state index in [1.54, 1.807) is 0 Å². The van der Waals surface area contributed by atoms with E-state index in [1.807, 2.05) is 24.3 Å². The third-order valence-electron chi connectivity index (χ3n) is 5.50. The first-order chi connectivity index (χ1) is 13.1. The van der Waals surface area contributed by atoms with Crippen LogP contribution in [0.2, 0.25) is 0 Å². The third kappa shape index (κ3) is 2.77. The maximum atomic E-state index is 12.4. The van der Waals surface area contributed by atoms with E-state index in [0.717, 1.165) is 11.1 Å². The predicted octanol–water partition coefficient (Wildman–Crippen LogP) is 2.40. The average Bonchev–Trinajstić information content (AvgIpc) is 2.99. The molecule has 0 aromatic heterocycles. The maximum absolute atomic E-state index is 12.4. The van der Waals surface area contributed by atoms with Gasteiger partial charge in [-0.25, -0.2) is 4.79 Å². The van der Waals surface area contributed by atoms with Crippen LogP contribution in [0.3, 0.4) is 0 Å². The molecular weight excluding hydrogens is 346 g/mol. The molecule has 6 nitrogen and oxygen atoms in total. The molecule has 1 heterocycles. The summed E-state index contributed by atoms with van der Waals surface area (Å²) in [4.78, 5) is 25.6. The van der Waals surface area contributed by atoms with E-state index in [0.29, 0.717) is 0 Å². The van der Waals surface area contributed by atoms with Crippen molar-refractivity contribution in [3.05, 3.63) is 59.7 Å². The summed E-state index contributed by atoms with van der Waals surface area (Å²) in [5, 5.41) is 9.48. The Morgan fingerprint density at radius 2 is 1.63 bits per heavy atom. The second-order valence-electron chi connectivity index (χ2n) is 7.09. The largest absolute Gasteiger partial charge is 0.468 e. The third-order valence-corrected chi connectivity index (χ3v) is 5.50. The second-order valence-corrected chi connectivity index (χ2v) is 7.09. The minimum atomic E-state index is -1.03. The number of carbonyl (C=O) groups is 2. The number of benzene rings is 2. The number of hydrogen-bond acceptors (Lipinski definition) is 5. The normalized spacial score (nSPS) is 16.9. The van der Waals surface area contributed by atoms with Gasteiger partial charge in [-0.05, 0) is 22.3 Å². The van der Waals surface area contributed by atoms with Crippen LogP contribution in [-0.2, 0) is 14.3 Å². The average molecular weight is 367 g/mol. The van der Waals surface area contributed by atoms with Crippen LogP contribution in [0, 0.1) is 5.41 Å². The minimum absolute atomic E-state index is 0.00849. The Kier molecular flexibility index (Phi) is 4.36. The van der Waals surface area contributed by atoms with Crippen molar-refractivity contribution >= 4 is 12.1 Å². The SMILES string of the molecule is COC(=O)C1(CO)CN(C(=O)OCC2c3ccccc3-c3ccccc32)C1. The van der Waals surface area contributed by atoms with Crippen LogP contribution in [0.15, 0.2) is 48.5 Å². The monoisotopic (exact) mass is 367 g/mol. The molecule has 1 aliphatic heterocycles. The first kappa shape index (κ1) is 17.5. The molecular formula is C21H21NO5. The summed E-state index contributed by atoms with van der Waals surface area (Å²) in [7, 11) is 1.27. The highest BCUT2D eigenvalue weighted by molar-refractivity contribution is 5.82. The summed E-state index contributed by atoms with van der Waals surface area (Å²) in [6.45, 7) is 0.0836. The van der Waals surface area contributed by atoms with E-state index in [1.165, 1.54) is 23.1 Å². The molecule has 0 spiro atoms. The Labute approximate surface area is 157 Å². The molecule has 1 aliphatic carbocycles. The number of likely N-dealkylation sites (tertiary alicyclic amines) is 1. The summed E-state index contributed by atoms with van der Waals surface area (Å²) in [6.07, 6.45) is -0.482. The molecule has 0 bridgehead atoms. The number of methoxy groups -OCH3 is 1. The molecule has 1 N–H and O–H groups in total. The lowest BCUT2D eigenvalue weighted by Crippen LogP contribution is -2.64. The molecule has 1 amide bonds. The van der Waals surface area contributed by atoms with Crippen molar-refractivity contribution < 1.29 is 24.2 Å². The molecule has 1 saturated heterocycles. The van der Waals surface area contributed by atoms with E-state index >= 15 is 0 Å². The van der Waals surface area contributed by atoms with E-state index in [9.17, 15) is 14.7 Å². The highest BCUT2D eigenvalue weighted by atomic mass is 16.6. The van der Waals surface area contributed by atoms with Gasteiger partial charge in [-0.15, -0.1) is 0 Å². The number of rotatable bonds is 4. The molecule has 6 heteroatoms. The van der Waals surface area contributed by atoms with Crippen molar-refractivity contribution in [3.63, 3.8) is 0 Å². The molecule has 2 aliphatic rings. The standard InChI is InChI=1S/C21H21NO5/c1-26-19(24)21(13-23)11-22(12-21)20(25)27-10-18-16-8-4-2-6-14(16)15-7-3-5-9-17(15)18/h2-9,18,23H,10-13H2,1H3. The molecule has 1 fully saturated rings. The first-order valence-electron chi connectivity index (χ1n) is 8.89. The Balaban J connectivity index is 1.44. The minimum Gasteiger partial charge on any atom is -0.468 e. The van der Waals surface area contributed by atoms with Crippen molar-refractivity contribution in [2.45, 2.75) is 5.92 Å². The smallest absolute Gasteiger partial charge is 0.409 e. The number of amides is 1. The highest BCUT2D eigenvalue weighted by Crippen LogP contribution is 2.44. The molecule has 0 unspecified atom stereocenters. The quantitative estimate of drug-likeness (QED) is 0.840. The number of nitrogens with zero attached hydrogens (tertiary/aromatic N) is 1. The lowest BCUT2D eigenvalue weighted by Gasteiger charge is -2.45. The predicted molar refractivity (Wildman–Crippen MR) is 98.2 cm³/mol. The van der Waals surface area contributed by atoms with E-state index in [2.05, 4.69) is 24.3 Å². The Hall–Kier alpha value is -2.86. The maximum Gasteiger partial charge on any atom is 0.409 e. The molecule has 0 atom stereocenters. The highest BCUT2D eigenvalue weighted by Gasteiger charge is 2.52.